The van der Waals surface area contributed by atoms with E-state index in [0.29, 0.717) is 5.56 Å². The monoisotopic (exact) mass is 338 g/mol. The van der Waals surface area contributed by atoms with E-state index >= 15 is 0 Å². The number of rotatable bonds is 6. The summed E-state index contributed by atoms with van der Waals surface area (Å²) in [6.07, 6.45) is 1.80. The lowest BCUT2D eigenvalue weighted by atomic mass is 10.0. The predicted molar refractivity (Wildman–Crippen MR) is 103 cm³/mol. The van der Waals surface area contributed by atoms with Crippen LogP contribution in [0.2, 0.25) is 0 Å². The molecule has 0 fully saturated rings. The fraction of sp³-hybridized carbons (Fsp3) is 0.333. The van der Waals surface area contributed by atoms with Gasteiger partial charge in [-0.15, -0.1) is 0 Å². The van der Waals surface area contributed by atoms with Gasteiger partial charge in [-0.05, 0) is 62.1 Å². The summed E-state index contributed by atoms with van der Waals surface area (Å²) in [5.41, 5.74) is 5.50. The van der Waals surface area contributed by atoms with E-state index < -0.39 is 0 Å². The summed E-state index contributed by atoms with van der Waals surface area (Å²) in [7, 11) is 1.98. The Morgan fingerprint density at radius 1 is 1.12 bits per heavy atom. The number of aliphatic imine (C=N–C) groups is 1. The molecule has 0 aromatic heterocycles. The maximum Gasteiger partial charge on any atom is 0.338 e. The van der Waals surface area contributed by atoms with Crippen LogP contribution in [-0.2, 0) is 11.3 Å². The van der Waals surface area contributed by atoms with Crippen molar-refractivity contribution in [3.8, 4) is 0 Å². The molecule has 0 amide bonds. The van der Waals surface area contributed by atoms with Crippen LogP contribution >= 0.6 is 0 Å². The SMILES string of the molecule is CCN(C)C=Nc1ccc(C(=O)OCc2ccccc2C)c(C)c1C. The molecule has 4 heteroatoms. The van der Waals surface area contributed by atoms with Crippen molar-refractivity contribution in [1.82, 2.24) is 4.90 Å². The number of carbonyl (C=O) groups is 1. The van der Waals surface area contributed by atoms with Gasteiger partial charge in [0.2, 0.25) is 0 Å². The molecule has 0 aliphatic heterocycles. The first-order chi connectivity index (χ1) is 11.9. The van der Waals surface area contributed by atoms with Crippen LogP contribution in [0, 0.1) is 20.8 Å². The van der Waals surface area contributed by atoms with Crippen LogP contribution in [0.15, 0.2) is 41.4 Å². The van der Waals surface area contributed by atoms with E-state index in [1.165, 1.54) is 0 Å². The van der Waals surface area contributed by atoms with E-state index in [-0.39, 0.29) is 12.6 Å². The highest BCUT2D eigenvalue weighted by Gasteiger charge is 2.14. The van der Waals surface area contributed by atoms with Crippen molar-refractivity contribution in [2.24, 2.45) is 4.99 Å². The average molecular weight is 338 g/mol. The maximum absolute atomic E-state index is 12.5. The Morgan fingerprint density at radius 2 is 1.84 bits per heavy atom. The Morgan fingerprint density at radius 3 is 2.52 bits per heavy atom. The molecule has 0 aliphatic rings. The standard InChI is InChI=1S/C21H26N2O2/c1-6-23(5)14-22-20-12-11-19(16(3)17(20)4)21(24)25-13-18-10-8-7-9-15(18)2/h7-12,14H,6,13H2,1-5H3. The average Bonchev–Trinajstić information content (AvgIpc) is 2.61. The Kier molecular flexibility index (Phi) is 6.34. The number of hydrogen-bond donors (Lipinski definition) is 0. The minimum absolute atomic E-state index is 0.283. The molecule has 2 aromatic carbocycles. The van der Waals surface area contributed by atoms with Crippen LogP contribution in [0.4, 0.5) is 5.69 Å². The molecule has 0 N–H and O–H groups in total. The lowest BCUT2D eigenvalue weighted by Gasteiger charge is -2.13. The molecule has 0 aliphatic carbocycles. The fourth-order valence-corrected chi connectivity index (χ4v) is 2.40. The van der Waals surface area contributed by atoms with Crippen molar-refractivity contribution in [3.05, 3.63) is 64.2 Å². The molecule has 0 saturated heterocycles. The van der Waals surface area contributed by atoms with E-state index in [1.807, 2.05) is 63.1 Å². The van der Waals surface area contributed by atoms with Crippen LogP contribution in [-0.4, -0.2) is 30.8 Å². The van der Waals surface area contributed by atoms with Gasteiger partial charge in [-0.2, -0.15) is 0 Å². The number of ether oxygens (including phenoxy) is 1. The zero-order chi connectivity index (χ0) is 18.4. The second kappa shape index (κ2) is 8.47. The Balaban J connectivity index is 2.14. The Bertz CT molecular complexity index is 781. The number of benzene rings is 2. The summed E-state index contributed by atoms with van der Waals surface area (Å²) in [6.45, 7) is 9.17. The molecule has 2 aromatic rings. The molecular formula is C21H26N2O2. The number of carbonyl (C=O) groups excluding carboxylic acids is 1. The summed E-state index contributed by atoms with van der Waals surface area (Å²) < 4.78 is 5.50. The minimum atomic E-state index is -0.301. The van der Waals surface area contributed by atoms with Crippen LogP contribution in [0.25, 0.3) is 0 Å². The van der Waals surface area contributed by atoms with E-state index in [9.17, 15) is 4.79 Å². The van der Waals surface area contributed by atoms with Crippen molar-refractivity contribution in [1.29, 1.82) is 0 Å². The Hall–Kier alpha value is -2.62. The summed E-state index contributed by atoms with van der Waals surface area (Å²) in [4.78, 5) is 18.9. The van der Waals surface area contributed by atoms with Crippen molar-refractivity contribution in [2.75, 3.05) is 13.6 Å². The quantitative estimate of drug-likeness (QED) is 0.440. The summed E-state index contributed by atoms with van der Waals surface area (Å²) >= 11 is 0. The molecule has 132 valence electrons. The smallest absolute Gasteiger partial charge is 0.338 e. The number of esters is 1. The van der Waals surface area contributed by atoms with E-state index in [2.05, 4.69) is 11.9 Å². The number of nitrogens with zero attached hydrogens (tertiary/aromatic N) is 2. The zero-order valence-corrected chi connectivity index (χ0v) is 15.7. The topological polar surface area (TPSA) is 41.9 Å². The van der Waals surface area contributed by atoms with Crippen LogP contribution < -0.4 is 0 Å². The van der Waals surface area contributed by atoms with Crippen molar-refractivity contribution in [2.45, 2.75) is 34.3 Å². The van der Waals surface area contributed by atoms with Gasteiger partial charge >= 0.3 is 5.97 Å². The van der Waals surface area contributed by atoms with Gasteiger partial charge in [0, 0.05) is 13.6 Å². The largest absolute Gasteiger partial charge is 0.457 e. The molecule has 0 unspecified atom stereocenters. The molecular weight excluding hydrogens is 312 g/mol. The molecule has 0 saturated carbocycles. The third kappa shape index (κ3) is 4.69. The molecule has 2 rings (SSSR count). The third-order valence-electron chi connectivity index (χ3n) is 4.49. The Labute approximate surface area is 150 Å². The van der Waals surface area contributed by atoms with E-state index in [0.717, 1.165) is 34.5 Å². The zero-order valence-electron chi connectivity index (χ0n) is 15.7. The van der Waals surface area contributed by atoms with Crippen LogP contribution in [0.3, 0.4) is 0 Å². The van der Waals surface area contributed by atoms with Gasteiger partial charge in [0.1, 0.15) is 6.61 Å². The van der Waals surface area contributed by atoms with E-state index in [1.54, 1.807) is 12.4 Å². The summed E-state index contributed by atoms with van der Waals surface area (Å²) in [5, 5.41) is 0. The second-order valence-electron chi connectivity index (χ2n) is 6.20. The van der Waals surface area contributed by atoms with Gasteiger partial charge < -0.3 is 9.64 Å². The molecule has 0 spiro atoms. The number of hydrogen-bond acceptors (Lipinski definition) is 3. The third-order valence-corrected chi connectivity index (χ3v) is 4.49. The lowest BCUT2D eigenvalue weighted by molar-refractivity contribution is 0.0471. The predicted octanol–water partition coefficient (Wildman–Crippen LogP) is 4.58. The molecule has 0 heterocycles. The normalized spacial score (nSPS) is 10.9. The van der Waals surface area contributed by atoms with Crippen molar-refractivity contribution in [3.63, 3.8) is 0 Å². The number of aryl methyl sites for hydroxylation is 1. The van der Waals surface area contributed by atoms with Gasteiger partial charge in [0.25, 0.3) is 0 Å². The highest BCUT2D eigenvalue weighted by Crippen LogP contribution is 2.25. The first kappa shape index (κ1) is 18.7. The van der Waals surface area contributed by atoms with Crippen molar-refractivity contribution < 1.29 is 9.53 Å². The maximum atomic E-state index is 12.5. The minimum Gasteiger partial charge on any atom is -0.457 e. The first-order valence-electron chi connectivity index (χ1n) is 8.50. The highest BCUT2D eigenvalue weighted by molar-refractivity contribution is 5.92. The van der Waals surface area contributed by atoms with Gasteiger partial charge in [-0.3, -0.25) is 0 Å². The van der Waals surface area contributed by atoms with Gasteiger partial charge in [0.05, 0.1) is 17.6 Å². The fourth-order valence-electron chi connectivity index (χ4n) is 2.40. The molecule has 0 bridgehead atoms. The second-order valence-corrected chi connectivity index (χ2v) is 6.20. The molecule has 4 nitrogen and oxygen atoms in total. The van der Waals surface area contributed by atoms with Gasteiger partial charge in [-0.25, -0.2) is 9.79 Å². The molecule has 0 radical (unpaired) electrons. The van der Waals surface area contributed by atoms with Crippen molar-refractivity contribution >= 4 is 18.0 Å². The van der Waals surface area contributed by atoms with Crippen LogP contribution in [0.5, 0.6) is 0 Å². The van der Waals surface area contributed by atoms with Gasteiger partial charge in [0.15, 0.2) is 0 Å². The molecule has 25 heavy (non-hydrogen) atoms. The van der Waals surface area contributed by atoms with Crippen LogP contribution in [0.1, 0.15) is 39.5 Å². The van der Waals surface area contributed by atoms with E-state index in [4.69, 9.17) is 4.74 Å². The van der Waals surface area contributed by atoms with Gasteiger partial charge in [-0.1, -0.05) is 24.3 Å². The summed E-state index contributed by atoms with van der Waals surface area (Å²) in [5.74, 6) is -0.301. The lowest BCUT2D eigenvalue weighted by Crippen LogP contribution is -2.14. The first-order valence-corrected chi connectivity index (χ1v) is 8.50. The molecule has 0 atom stereocenters. The summed E-state index contributed by atoms with van der Waals surface area (Å²) in [6, 6.07) is 11.6. The highest BCUT2D eigenvalue weighted by atomic mass is 16.5.